The van der Waals surface area contributed by atoms with Crippen LogP contribution in [0.15, 0.2) is 78.9 Å². The summed E-state index contributed by atoms with van der Waals surface area (Å²) in [5.74, 6) is 0. The maximum Gasteiger partial charge on any atom is 0.0880 e. The highest BCUT2D eigenvalue weighted by Gasteiger charge is 2.20. The van der Waals surface area contributed by atoms with E-state index in [1.165, 1.54) is 22.3 Å². The molecule has 0 aliphatic carbocycles. The van der Waals surface area contributed by atoms with Crippen LogP contribution in [0.25, 0.3) is 42.6 Å². The number of pyridine rings is 1. The van der Waals surface area contributed by atoms with Crippen LogP contribution in [0.3, 0.4) is 0 Å². The maximum atomic E-state index is 8.47. The summed E-state index contributed by atoms with van der Waals surface area (Å²) in [5.41, 5.74) is 4.16. The predicted octanol–water partition coefficient (Wildman–Crippen LogP) is 8.39. The molecular formula is C28H25NS. The summed E-state index contributed by atoms with van der Waals surface area (Å²) in [6.45, 7) is 8.56. The molecule has 0 aliphatic heterocycles. The molecule has 148 valence electrons. The molecule has 0 N–H and O–H groups in total. The van der Waals surface area contributed by atoms with Crippen molar-refractivity contribution in [3.63, 3.8) is 0 Å². The molecule has 30 heavy (non-hydrogen) atoms. The molecule has 5 rings (SSSR count). The topological polar surface area (TPSA) is 12.9 Å². The largest absolute Gasteiger partial charge is 0.255 e. The minimum absolute atomic E-state index is 0.0622. The Morgan fingerprint density at radius 3 is 2.43 bits per heavy atom. The lowest BCUT2D eigenvalue weighted by molar-refractivity contribution is 0.596. The SMILES string of the molecule is [2H]c1c([2H])c([2H])c(-c2sc3c(-c4cc(C(C)(C)C)c5ccccc5c4)nccc3c2C)c([2H])c1[2H]. The molecule has 3 aromatic carbocycles. The van der Waals surface area contributed by atoms with Crippen LogP contribution in [0.2, 0.25) is 0 Å². The summed E-state index contributed by atoms with van der Waals surface area (Å²) in [6.07, 6.45) is 1.79. The standard InChI is InChI=1S/C28H25NS/c1-18-22-14-15-29-25(27(22)30-26(18)19-10-6-5-7-11-19)21-16-20-12-8-9-13-23(20)24(17-21)28(2,3)4/h5-17H,1-4H3/i5D,6D,7D,10D,11D. The van der Waals surface area contributed by atoms with Crippen molar-refractivity contribution in [2.45, 2.75) is 33.1 Å². The van der Waals surface area contributed by atoms with Gasteiger partial charge in [0.15, 0.2) is 0 Å². The summed E-state index contributed by atoms with van der Waals surface area (Å²) in [4.78, 5) is 5.45. The molecule has 0 unspecified atom stereocenters. The molecule has 0 saturated heterocycles. The van der Waals surface area contributed by atoms with Crippen molar-refractivity contribution in [1.82, 2.24) is 4.98 Å². The molecule has 2 heterocycles. The van der Waals surface area contributed by atoms with E-state index in [1.807, 2.05) is 19.1 Å². The number of aryl methyl sites for hydroxylation is 1. The van der Waals surface area contributed by atoms with E-state index in [4.69, 9.17) is 11.8 Å². The van der Waals surface area contributed by atoms with Crippen LogP contribution in [-0.4, -0.2) is 4.98 Å². The van der Waals surface area contributed by atoms with Crippen molar-refractivity contribution in [2.24, 2.45) is 0 Å². The van der Waals surface area contributed by atoms with Gasteiger partial charge in [0.1, 0.15) is 0 Å². The highest BCUT2D eigenvalue weighted by molar-refractivity contribution is 7.23. The van der Waals surface area contributed by atoms with Gasteiger partial charge < -0.3 is 0 Å². The van der Waals surface area contributed by atoms with E-state index in [1.54, 1.807) is 6.20 Å². The Morgan fingerprint density at radius 1 is 0.900 bits per heavy atom. The quantitative estimate of drug-likeness (QED) is 0.284. The fourth-order valence-corrected chi connectivity index (χ4v) is 5.29. The van der Waals surface area contributed by atoms with Crippen LogP contribution >= 0.6 is 11.3 Å². The van der Waals surface area contributed by atoms with E-state index < -0.39 is 0 Å². The molecule has 0 bridgehead atoms. The third kappa shape index (κ3) is 3.12. The Kier molecular flexibility index (Phi) is 3.32. The Morgan fingerprint density at radius 2 is 1.67 bits per heavy atom. The zero-order valence-electron chi connectivity index (χ0n) is 22.5. The van der Waals surface area contributed by atoms with Crippen LogP contribution in [0.4, 0.5) is 0 Å². The first-order chi connectivity index (χ1) is 16.5. The highest BCUT2D eigenvalue weighted by Crippen LogP contribution is 2.43. The van der Waals surface area contributed by atoms with Crippen molar-refractivity contribution in [3.8, 4) is 21.7 Å². The third-order valence-electron chi connectivity index (χ3n) is 5.52. The Bertz CT molecular complexity index is 1620. The molecule has 0 radical (unpaired) electrons. The maximum absolute atomic E-state index is 8.47. The molecule has 0 amide bonds. The molecule has 5 aromatic rings. The third-order valence-corrected chi connectivity index (χ3v) is 6.86. The van der Waals surface area contributed by atoms with E-state index >= 15 is 0 Å². The molecule has 2 heteroatoms. The lowest BCUT2D eigenvalue weighted by Gasteiger charge is -2.22. The first-order valence-electron chi connectivity index (χ1n) is 12.5. The second-order valence-corrected chi connectivity index (χ2v) is 9.61. The number of aromatic nitrogens is 1. The van der Waals surface area contributed by atoms with Gasteiger partial charge in [0.25, 0.3) is 0 Å². The van der Waals surface area contributed by atoms with E-state index in [2.05, 4.69) is 51.1 Å². The van der Waals surface area contributed by atoms with Crippen molar-refractivity contribution in [2.75, 3.05) is 0 Å². The van der Waals surface area contributed by atoms with Crippen molar-refractivity contribution >= 4 is 32.2 Å². The van der Waals surface area contributed by atoms with Gasteiger partial charge in [0.2, 0.25) is 0 Å². The van der Waals surface area contributed by atoms with Gasteiger partial charge in [-0.1, -0.05) is 75.2 Å². The summed E-state index contributed by atoms with van der Waals surface area (Å²) >= 11 is 1.44. The Balaban J connectivity index is 1.82. The predicted molar refractivity (Wildman–Crippen MR) is 131 cm³/mol. The van der Waals surface area contributed by atoms with Crippen LogP contribution in [0.5, 0.6) is 0 Å². The number of nitrogens with zero attached hydrogens (tertiary/aromatic N) is 1. The monoisotopic (exact) mass is 412 g/mol. The second-order valence-electron chi connectivity index (χ2n) is 8.59. The molecule has 0 fully saturated rings. The highest BCUT2D eigenvalue weighted by atomic mass is 32.1. The van der Waals surface area contributed by atoms with Crippen molar-refractivity contribution in [3.05, 3.63) is 90.0 Å². The van der Waals surface area contributed by atoms with Gasteiger partial charge in [-0.25, -0.2) is 0 Å². The average Bonchev–Trinajstić information content (AvgIpc) is 3.16. The first-order valence-corrected chi connectivity index (χ1v) is 10.8. The van der Waals surface area contributed by atoms with Crippen LogP contribution in [-0.2, 0) is 5.41 Å². The number of benzene rings is 3. The zero-order valence-corrected chi connectivity index (χ0v) is 18.3. The fraction of sp³-hybridized carbons (Fsp3) is 0.179. The van der Waals surface area contributed by atoms with Crippen molar-refractivity contribution < 1.29 is 6.85 Å². The summed E-state index contributed by atoms with van der Waals surface area (Å²) in [6, 6.07) is 13.3. The minimum atomic E-state index is -0.379. The van der Waals surface area contributed by atoms with Crippen LogP contribution in [0, 0.1) is 6.92 Å². The molecular weight excluding hydrogens is 382 g/mol. The van der Waals surface area contributed by atoms with E-state index in [0.29, 0.717) is 4.88 Å². The smallest absolute Gasteiger partial charge is 0.0880 e. The number of thiophene rings is 1. The zero-order chi connectivity index (χ0) is 25.2. The lowest BCUT2D eigenvalue weighted by atomic mass is 9.82. The molecule has 2 aromatic heterocycles. The van der Waals surface area contributed by atoms with Gasteiger partial charge in [-0.15, -0.1) is 11.3 Å². The Labute approximate surface area is 189 Å². The summed E-state index contributed by atoms with van der Waals surface area (Å²) in [5, 5.41) is 3.35. The van der Waals surface area contributed by atoms with Crippen LogP contribution < -0.4 is 0 Å². The van der Waals surface area contributed by atoms with Gasteiger partial charge in [-0.3, -0.25) is 4.98 Å². The molecule has 0 spiro atoms. The van der Waals surface area contributed by atoms with E-state index in [-0.39, 0.29) is 41.2 Å². The molecule has 0 atom stereocenters. The second kappa shape index (κ2) is 7.07. The normalized spacial score (nSPS) is 14.3. The lowest BCUT2D eigenvalue weighted by Crippen LogP contribution is -2.12. The first kappa shape index (κ1) is 14.1. The molecule has 0 aliphatic rings. The number of rotatable bonds is 2. The minimum Gasteiger partial charge on any atom is -0.255 e. The van der Waals surface area contributed by atoms with Crippen LogP contribution in [0.1, 0.15) is 38.8 Å². The van der Waals surface area contributed by atoms with Gasteiger partial charge >= 0.3 is 0 Å². The van der Waals surface area contributed by atoms with Gasteiger partial charge in [-0.05, 0) is 63.4 Å². The van der Waals surface area contributed by atoms with Gasteiger partial charge in [0, 0.05) is 16.6 Å². The van der Waals surface area contributed by atoms with Gasteiger partial charge in [-0.2, -0.15) is 0 Å². The number of hydrogen-bond acceptors (Lipinski definition) is 2. The average molecular weight is 413 g/mol. The number of hydrogen-bond donors (Lipinski definition) is 0. The summed E-state index contributed by atoms with van der Waals surface area (Å²) < 4.78 is 42.0. The number of fused-ring (bicyclic) bond motifs is 2. The van der Waals surface area contributed by atoms with E-state index in [0.717, 1.165) is 32.3 Å². The van der Waals surface area contributed by atoms with Gasteiger partial charge in [0.05, 0.1) is 17.2 Å². The molecule has 0 saturated carbocycles. The molecule has 1 nitrogen and oxygen atoms in total. The Hall–Kier alpha value is -2.97. The van der Waals surface area contributed by atoms with E-state index in [9.17, 15) is 0 Å². The fourth-order valence-electron chi connectivity index (χ4n) is 4.02. The van der Waals surface area contributed by atoms with Crippen molar-refractivity contribution in [1.29, 1.82) is 0 Å². The summed E-state index contributed by atoms with van der Waals surface area (Å²) in [7, 11) is 0.